The van der Waals surface area contributed by atoms with Gasteiger partial charge in [-0.1, -0.05) is 40.0 Å². The second-order valence-electron chi connectivity index (χ2n) is 4.43. The summed E-state index contributed by atoms with van der Waals surface area (Å²) in [4.78, 5) is 28.9. The summed E-state index contributed by atoms with van der Waals surface area (Å²) in [5, 5.41) is 28.9. The number of carbonyl (C=O) groups is 3. The minimum Gasteiger partial charge on any atom is -0.550 e. The van der Waals surface area contributed by atoms with Crippen LogP contribution in [0.3, 0.4) is 0 Å². The number of hydrogen-bond acceptors (Lipinski definition) is 6. The number of carboxylic acids is 3. The average molecular weight is 454 g/mol. The van der Waals surface area contributed by atoms with Crippen molar-refractivity contribution in [3.63, 3.8) is 0 Å². The van der Waals surface area contributed by atoms with E-state index in [0.29, 0.717) is 0 Å². The van der Waals surface area contributed by atoms with E-state index in [4.69, 9.17) is 0 Å². The van der Waals surface area contributed by atoms with Gasteiger partial charge in [-0.25, -0.2) is 0 Å². The third-order valence-corrected chi connectivity index (χ3v) is 2.20. The Bertz CT molecular complexity index is 226. The fourth-order valence-corrected chi connectivity index (χ4v) is 0.963. The predicted molar refractivity (Wildman–Crippen MR) is 73.6 cm³/mol. The Kier molecular flexibility index (Phi) is 34.7. The molecule has 0 aliphatic carbocycles. The molecule has 0 saturated heterocycles. The van der Waals surface area contributed by atoms with E-state index < -0.39 is 17.9 Å². The first-order valence-electron chi connectivity index (χ1n) is 7.41. The molecule has 0 aromatic carbocycles. The van der Waals surface area contributed by atoms with Gasteiger partial charge in [0.05, 0.1) is 0 Å². The van der Waals surface area contributed by atoms with Crippen LogP contribution >= 0.6 is 0 Å². The van der Waals surface area contributed by atoms with Crippen molar-refractivity contribution in [2.45, 2.75) is 78.6 Å². The second kappa shape index (κ2) is 25.7. The normalized spacial score (nSPS) is 8.32. The van der Waals surface area contributed by atoms with Crippen LogP contribution in [0.1, 0.15) is 78.6 Å². The topological polar surface area (TPSA) is 120 Å². The van der Waals surface area contributed by atoms with E-state index in [2.05, 4.69) is 0 Å². The van der Waals surface area contributed by atoms with Gasteiger partial charge in [-0.15, -0.1) is 0 Å². The van der Waals surface area contributed by atoms with Crippen molar-refractivity contribution in [1.29, 1.82) is 0 Å². The molecule has 0 aliphatic heterocycles. The van der Waals surface area contributed by atoms with Gasteiger partial charge in [-0.05, 0) is 38.5 Å². The second-order valence-corrected chi connectivity index (χ2v) is 4.43. The van der Waals surface area contributed by atoms with Crippen molar-refractivity contribution in [2.75, 3.05) is 0 Å². The molecule has 6 nitrogen and oxygen atoms in total. The molecule has 0 bridgehead atoms. The maximum Gasteiger partial charge on any atom is 3.00 e. The summed E-state index contributed by atoms with van der Waals surface area (Å²) < 4.78 is 0. The van der Waals surface area contributed by atoms with Gasteiger partial charge in [0.15, 0.2) is 0 Å². The summed E-state index contributed by atoms with van der Waals surface area (Å²) in [6.45, 7) is 5.84. The maximum atomic E-state index is 9.65. The molecular weight excluding hydrogens is 427 g/mol. The Morgan fingerprint density at radius 3 is 0.818 bits per heavy atom. The van der Waals surface area contributed by atoms with E-state index in [1.807, 2.05) is 20.8 Å². The smallest absolute Gasteiger partial charge is 0.550 e. The van der Waals surface area contributed by atoms with Gasteiger partial charge in [-0.2, -0.15) is 0 Å². The van der Waals surface area contributed by atoms with Crippen LogP contribution in [0.4, 0.5) is 0 Å². The van der Waals surface area contributed by atoms with Gasteiger partial charge in [0.2, 0.25) is 0 Å². The van der Waals surface area contributed by atoms with Crippen LogP contribution in [0.25, 0.3) is 0 Å². The van der Waals surface area contributed by atoms with Gasteiger partial charge in [0.1, 0.15) is 0 Å². The number of carbonyl (C=O) groups excluding carboxylic acids is 3. The third kappa shape index (κ3) is 50.3. The number of unbranched alkanes of at least 4 members (excludes halogenated alkanes) is 3. The molecular formula is C15H27O6Sm. The van der Waals surface area contributed by atoms with Gasteiger partial charge in [0, 0.05) is 17.9 Å². The standard InChI is InChI=1S/3C5H10O2.Sm/c3*1-2-3-4-5(6)7;/h3*2-4H2,1H3,(H,6,7);/q;;;+3/p-3. The van der Waals surface area contributed by atoms with Crippen LogP contribution in [-0.2, 0) is 14.4 Å². The predicted octanol–water partition coefficient (Wildman–Crippen LogP) is -0.220. The molecule has 0 unspecified atom stereocenters. The van der Waals surface area contributed by atoms with Gasteiger partial charge < -0.3 is 29.7 Å². The number of carboxylic acid groups (broad SMARTS) is 3. The molecule has 0 aromatic heterocycles. The Labute approximate surface area is 165 Å². The molecule has 0 aromatic rings. The Morgan fingerprint density at radius 2 is 0.773 bits per heavy atom. The molecule has 0 fully saturated rings. The first kappa shape index (κ1) is 29.7. The first-order chi connectivity index (χ1) is 9.81. The van der Waals surface area contributed by atoms with Crippen molar-refractivity contribution < 1.29 is 70.1 Å². The van der Waals surface area contributed by atoms with Crippen LogP contribution in [0.2, 0.25) is 0 Å². The minimum absolute atomic E-state index is 0. The van der Waals surface area contributed by atoms with Crippen molar-refractivity contribution in [3.05, 3.63) is 0 Å². The van der Waals surface area contributed by atoms with E-state index in [9.17, 15) is 29.7 Å². The fraction of sp³-hybridized carbons (Fsp3) is 0.800. The molecule has 0 amide bonds. The molecule has 0 saturated carbocycles. The quantitative estimate of drug-likeness (QED) is 0.476. The van der Waals surface area contributed by atoms with Crippen LogP contribution in [0, 0.1) is 40.4 Å². The molecule has 0 heterocycles. The summed E-state index contributed by atoms with van der Waals surface area (Å²) >= 11 is 0. The number of hydrogen-bond donors (Lipinski definition) is 0. The van der Waals surface area contributed by atoms with E-state index in [1.54, 1.807) is 0 Å². The largest absolute Gasteiger partial charge is 3.00 e. The van der Waals surface area contributed by atoms with Crippen molar-refractivity contribution >= 4 is 17.9 Å². The van der Waals surface area contributed by atoms with Crippen molar-refractivity contribution in [3.8, 4) is 0 Å². The summed E-state index contributed by atoms with van der Waals surface area (Å²) in [5.74, 6) is -2.83. The summed E-state index contributed by atoms with van der Waals surface area (Å²) in [6.07, 6.45) is 5.60. The van der Waals surface area contributed by atoms with Gasteiger partial charge in [0.25, 0.3) is 0 Å². The van der Waals surface area contributed by atoms with E-state index in [-0.39, 0.29) is 59.7 Å². The Hall–Kier alpha value is -0.252. The van der Waals surface area contributed by atoms with Gasteiger partial charge in [-0.3, -0.25) is 0 Å². The SMILES string of the molecule is CCCCC(=O)[O-].CCCCC(=O)[O-].CCCCC(=O)[O-].[Sm+3]. The molecule has 0 N–H and O–H groups in total. The Morgan fingerprint density at radius 1 is 0.591 bits per heavy atom. The molecule has 22 heavy (non-hydrogen) atoms. The number of aliphatic carboxylic acids is 3. The first-order valence-corrected chi connectivity index (χ1v) is 7.41. The summed E-state index contributed by atoms with van der Waals surface area (Å²) in [7, 11) is 0. The average Bonchev–Trinajstić information content (AvgIpc) is 2.41. The molecule has 129 valence electrons. The molecule has 0 aliphatic rings. The van der Waals surface area contributed by atoms with Crippen molar-refractivity contribution in [2.24, 2.45) is 0 Å². The zero-order valence-corrected chi connectivity index (χ0v) is 16.3. The number of rotatable bonds is 9. The summed E-state index contributed by atoms with van der Waals surface area (Å²) in [6, 6.07) is 0. The fourth-order valence-electron chi connectivity index (χ4n) is 0.963. The van der Waals surface area contributed by atoms with Crippen molar-refractivity contribution in [1.82, 2.24) is 0 Å². The van der Waals surface area contributed by atoms with Crippen LogP contribution in [-0.4, -0.2) is 17.9 Å². The zero-order valence-electron chi connectivity index (χ0n) is 13.7. The monoisotopic (exact) mass is 455 g/mol. The van der Waals surface area contributed by atoms with Crippen LogP contribution in [0.15, 0.2) is 0 Å². The third-order valence-electron chi connectivity index (χ3n) is 2.20. The van der Waals surface area contributed by atoms with E-state index >= 15 is 0 Å². The molecule has 0 spiro atoms. The van der Waals surface area contributed by atoms with E-state index in [0.717, 1.165) is 38.5 Å². The maximum absolute atomic E-state index is 9.65. The molecule has 0 rings (SSSR count). The minimum atomic E-state index is -0.943. The van der Waals surface area contributed by atoms with Crippen LogP contribution < -0.4 is 15.3 Å². The summed E-state index contributed by atoms with van der Waals surface area (Å²) in [5.41, 5.74) is 0. The zero-order chi connectivity index (χ0) is 17.1. The molecule has 0 atom stereocenters. The van der Waals surface area contributed by atoms with Crippen LogP contribution in [0.5, 0.6) is 0 Å². The molecule has 1 radical (unpaired) electrons. The van der Waals surface area contributed by atoms with Gasteiger partial charge >= 0.3 is 40.4 Å². The molecule has 7 heteroatoms. The Balaban J connectivity index is -0.000000108. The van der Waals surface area contributed by atoms with E-state index in [1.165, 1.54) is 0 Å².